The van der Waals surface area contributed by atoms with Crippen molar-refractivity contribution in [1.82, 2.24) is 4.98 Å². The molecule has 4 rings (SSSR count). The fraction of sp³-hybridized carbons (Fsp3) is 0.208. The molecule has 1 amide bonds. The minimum Gasteiger partial charge on any atom is -0.388 e. The summed E-state index contributed by atoms with van der Waals surface area (Å²) in [6.45, 7) is 6.52. The van der Waals surface area contributed by atoms with E-state index in [2.05, 4.69) is 10.3 Å². The second-order valence-corrected chi connectivity index (χ2v) is 7.47. The van der Waals surface area contributed by atoms with Crippen molar-refractivity contribution < 1.29 is 9.18 Å². The smallest absolute Gasteiger partial charge is 0.259 e. The number of carbonyl (C=O) groups excluding carboxylic acids is 1. The van der Waals surface area contributed by atoms with E-state index >= 15 is 0 Å². The molecule has 1 aliphatic heterocycles. The number of benzene rings is 2. The number of hydrogen-bond donors (Lipinski definition) is 2. The number of H-pyrrole nitrogens is 1. The number of carbonyl (C=O) groups is 1. The van der Waals surface area contributed by atoms with E-state index in [-0.39, 0.29) is 11.7 Å². The number of aromatic nitrogens is 1. The van der Waals surface area contributed by atoms with Crippen LogP contribution in [-0.4, -0.2) is 17.9 Å². The van der Waals surface area contributed by atoms with E-state index in [4.69, 9.17) is 0 Å². The number of fused-ring (bicyclic) bond motifs is 1. The van der Waals surface area contributed by atoms with E-state index in [1.807, 2.05) is 58.2 Å². The van der Waals surface area contributed by atoms with Gasteiger partial charge in [0, 0.05) is 29.7 Å². The molecule has 29 heavy (non-hydrogen) atoms. The summed E-state index contributed by atoms with van der Waals surface area (Å²) in [7, 11) is 1.87. The van der Waals surface area contributed by atoms with Crippen LogP contribution in [-0.2, 0) is 11.3 Å². The first-order chi connectivity index (χ1) is 13.9. The van der Waals surface area contributed by atoms with E-state index in [1.54, 1.807) is 11.0 Å². The number of anilines is 2. The van der Waals surface area contributed by atoms with Crippen LogP contribution in [0, 0.1) is 26.6 Å². The molecule has 0 bridgehead atoms. The van der Waals surface area contributed by atoms with Crippen molar-refractivity contribution in [2.75, 3.05) is 17.3 Å². The number of hydrogen-bond acceptors (Lipinski definition) is 2. The summed E-state index contributed by atoms with van der Waals surface area (Å²) in [6, 6.07) is 12.5. The maximum atomic E-state index is 14.0. The van der Waals surface area contributed by atoms with E-state index in [1.165, 1.54) is 17.7 Å². The Morgan fingerprint density at radius 1 is 1.07 bits per heavy atom. The topological polar surface area (TPSA) is 48.1 Å². The molecule has 3 aromatic rings. The third kappa shape index (κ3) is 3.33. The Balaban J connectivity index is 1.76. The molecular weight excluding hydrogens is 365 g/mol. The van der Waals surface area contributed by atoms with Gasteiger partial charge in [-0.05, 0) is 73.9 Å². The van der Waals surface area contributed by atoms with Gasteiger partial charge in [-0.3, -0.25) is 4.79 Å². The normalized spacial score (nSPS) is 14.6. The predicted octanol–water partition coefficient (Wildman–Crippen LogP) is 5.21. The van der Waals surface area contributed by atoms with Crippen molar-refractivity contribution in [3.8, 4) is 0 Å². The molecule has 0 saturated heterocycles. The first kappa shape index (κ1) is 19.0. The molecular formula is C24H24FN3O. The van der Waals surface area contributed by atoms with Crippen LogP contribution in [0.4, 0.5) is 15.8 Å². The van der Waals surface area contributed by atoms with Gasteiger partial charge in [0.05, 0.1) is 17.8 Å². The lowest BCUT2D eigenvalue weighted by atomic mass is 10.0. The summed E-state index contributed by atoms with van der Waals surface area (Å²) in [5.41, 5.74) is 8.12. The Hall–Kier alpha value is -3.34. The number of nitrogens with one attached hydrogen (secondary N) is 2. The van der Waals surface area contributed by atoms with Gasteiger partial charge in [0.2, 0.25) is 0 Å². The van der Waals surface area contributed by atoms with Crippen molar-refractivity contribution in [2.24, 2.45) is 0 Å². The summed E-state index contributed by atoms with van der Waals surface area (Å²) in [5.74, 6) is -0.467. The molecule has 1 aliphatic rings. The third-order valence-corrected chi connectivity index (χ3v) is 5.74. The second kappa shape index (κ2) is 7.24. The fourth-order valence-corrected chi connectivity index (χ4v) is 3.75. The zero-order valence-corrected chi connectivity index (χ0v) is 17.1. The molecule has 0 aliphatic carbocycles. The SMILES string of the molecule is CNc1ccc(CN2C(=O)/C(=C\c3[nH]c(C)c(C)c3C)c3cc(F)ccc32)cc1. The molecule has 2 aromatic carbocycles. The fourth-order valence-electron chi connectivity index (χ4n) is 3.75. The van der Waals surface area contributed by atoms with Crippen LogP contribution in [0.1, 0.15) is 33.6 Å². The molecule has 0 atom stereocenters. The van der Waals surface area contributed by atoms with Gasteiger partial charge in [-0.1, -0.05) is 12.1 Å². The lowest BCUT2D eigenvalue weighted by Crippen LogP contribution is -2.25. The van der Waals surface area contributed by atoms with E-state index in [9.17, 15) is 9.18 Å². The van der Waals surface area contributed by atoms with Gasteiger partial charge in [0.15, 0.2) is 0 Å². The predicted molar refractivity (Wildman–Crippen MR) is 116 cm³/mol. The van der Waals surface area contributed by atoms with E-state index < -0.39 is 0 Å². The van der Waals surface area contributed by atoms with Crippen molar-refractivity contribution in [3.63, 3.8) is 0 Å². The van der Waals surface area contributed by atoms with Gasteiger partial charge in [-0.25, -0.2) is 4.39 Å². The van der Waals surface area contributed by atoms with Gasteiger partial charge in [0.1, 0.15) is 5.82 Å². The number of aryl methyl sites for hydroxylation is 1. The molecule has 1 aromatic heterocycles. The van der Waals surface area contributed by atoms with Crippen LogP contribution in [0.15, 0.2) is 42.5 Å². The third-order valence-electron chi connectivity index (χ3n) is 5.74. The van der Waals surface area contributed by atoms with Gasteiger partial charge in [-0.15, -0.1) is 0 Å². The minimum atomic E-state index is -0.349. The number of amides is 1. The van der Waals surface area contributed by atoms with Crippen LogP contribution < -0.4 is 10.2 Å². The minimum absolute atomic E-state index is 0.118. The number of nitrogens with zero attached hydrogens (tertiary/aromatic N) is 1. The first-order valence-electron chi connectivity index (χ1n) is 9.65. The van der Waals surface area contributed by atoms with Crippen molar-refractivity contribution in [1.29, 1.82) is 0 Å². The van der Waals surface area contributed by atoms with Crippen molar-refractivity contribution >= 4 is 28.9 Å². The molecule has 4 nitrogen and oxygen atoms in total. The second-order valence-electron chi connectivity index (χ2n) is 7.47. The average Bonchev–Trinajstić information content (AvgIpc) is 3.11. The van der Waals surface area contributed by atoms with Gasteiger partial charge < -0.3 is 15.2 Å². The molecule has 2 N–H and O–H groups in total. The van der Waals surface area contributed by atoms with Gasteiger partial charge in [0.25, 0.3) is 5.91 Å². The summed E-state index contributed by atoms with van der Waals surface area (Å²) < 4.78 is 14.0. The van der Waals surface area contributed by atoms with E-state index in [0.29, 0.717) is 17.7 Å². The number of halogens is 1. The first-order valence-corrected chi connectivity index (χ1v) is 9.65. The quantitative estimate of drug-likeness (QED) is 0.602. The van der Waals surface area contributed by atoms with Crippen molar-refractivity contribution in [2.45, 2.75) is 27.3 Å². The maximum Gasteiger partial charge on any atom is 0.259 e. The van der Waals surface area contributed by atoms with Crippen LogP contribution >= 0.6 is 0 Å². The summed E-state index contributed by atoms with van der Waals surface area (Å²) in [6.07, 6.45) is 1.85. The lowest BCUT2D eigenvalue weighted by Gasteiger charge is -2.17. The van der Waals surface area contributed by atoms with E-state index in [0.717, 1.165) is 33.9 Å². The highest BCUT2D eigenvalue weighted by atomic mass is 19.1. The Morgan fingerprint density at radius 2 is 1.79 bits per heavy atom. The number of rotatable bonds is 4. The highest BCUT2D eigenvalue weighted by Crippen LogP contribution is 2.39. The molecule has 0 saturated carbocycles. The standard InChI is InChI=1S/C24H24FN3O/c1-14-15(2)22(27-16(14)3)12-21-20-11-18(25)7-10-23(20)28(24(21)29)13-17-5-8-19(26-4)9-6-17/h5-12,26-27H,13H2,1-4H3/b21-12-. The molecule has 0 spiro atoms. The van der Waals surface area contributed by atoms with Gasteiger partial charge in [-0.2, -0.15) is 0 Å². The molecule has 148 valence electrons. The summed E-state index contributed by atoms with van der Waals surface area (Å²) in [5, 5.41) is 3.09. The van der Waals surface area contributed by atoms with Gasteiger partial charge >= 0.3 is 0 Å². The van der Waals surface area contributed by atoms with Crippen LogP contribution in [0.3, 0.4) is 0 Å². The van der Waals surface area contributed by atoms with Crippen molar-refractivity contribution in [3.05, 3.63) is 81.9 Å². The van der Waals surface area contributed by atoms with Crippen LogP contribution in [0.5, 0.6) is 0 Å². The molecule has 2 heterocycles. The largest absolute Gasteiger partial charge is 0.388 e. The maximum absolute atomic E-state index is 14.0. The molecule has 0 fully saturated rings. The number of aromatic amines is 1. The highest BCUT2D eigenvalue weighted by molar-refractivity contribution is 6.35. The van der Waals surface area contributed by atoms with Crippen LogP contribution in [0.2, 0.25) is 0 Å². The zero-order valence-electron chi connectivity index (χ0n) is 17.1. The Morgan fingerprint density at radius 3 is 2.41 bits per heavy atom. The Labute approximate surface area is 170 Å². The Kier molecular flexibility index (Phi) is 4.74. The van der Waals surface area contributed by atoms with Crippen LogP contribution in [0.25, 0.3) is 11.6 Å². The summed E-state index contributed by atoms with van der Waals surface area (Å²) >= 11 is 0. The Bertz CT molecular complexity index is 1130. The summed E-state index contributed by atoms with van der Waals surface area (Å²) in [4.78, 5) is 18.4. The monoisotopic (exact) mass is 389 g/mol. The molecule has 0 radical (unpaired) electrons. The molecule has 0 unspecified atom stereocenters. The molecule has 5 heteroatoms. The lowest BCUT2D eigenvalue weighted by molar-refractivity contribution is -0.113. The zero-order chi connectivity index (χ0) is 20.7. The highest BCUT2D eigenvalue weighted by Gasteiger charge is 2.33. The average molecular weight is 389 g/mol.